The Morgan fingerprint density at radius 3 is 2.76 bits per heavy atom. The van der Waals surface area contributed by atoms with E-state index in [2.05, 4.69) is 10.2 Å². The first-order valence-corrected chi connectivity index (χ1v) is 6.20. The van der Waals surface area contributed by atoms with Gasteiger partial charge in [-0.3, -0.25) is 0 Å². The molecule has 7 heteroatoms. The average molecular weight is 260 g/mol. The van der Waals surface area contributed by atoms with Crippen LogP contribution < -0.4 is 4.74 Å². The van der Waals surface area contributed by atoms with Crippen LogP contribution in [0.15, 0.2) is 0 Å². The molecule has 0 aliphatic rings. The van der Waals surface area contributed by atoms with Crippen molar-refractivity contribution in [3.05, 3.63) is 5.01 Å². The quantitative estimate of drug-likeness (QED) is 0.547. The van der Waals surface area contributed by atoms with Crippen LogP contribution in [-0.4, -0.2) is 42.1 Å². The second kappa shape index (κ2) is 7.18. The molecule has 0 aliphatic carbocycles. The fourth-order valence-corrected chi connectivity index (χ4v) is 1.57. The lowest BCUT2D eigenvalue weighted by Gasteiger charge is -2.06. The van der Waals surface area contributed by atoms with Gasteiger partial charge in [-0.15, -0.1) is 5.10 Å². The Bertz CT molecular complexity index is 354. The van der Waals surface area contributed by atoms with Gasteiger partial charge in [-0.2, -0.15) is 0 Å². The lowest BCUT2D eigenvalue weighted by Crippen LogP contribution is -2.11. The Labute approximate surface area is 104 Å². The molecule has 0 atom stereocenters. The summed E-state index contributed by atoms with van der Waals surface area (Å²) in [5.41, 5.74) is 0. The highest BCUT2D eigenvalue weighted by Gasteiger charge is 2.14. The number of aromatic nitrogens is 2. The van der Waals surface area contributed by atoms with Crippen molar-refractivity contribution in [2.24, 2.45) is 0 Å². The molecule has 0 aromatic carbocycles. The predicted octanol–water partition coefficient (Wildman–Crippen LogP) is 1.52. The maximum Gasteiger partial charge on any atom is 0.369 e. The second-order valence-corrected chi connectivity index (χ2v) is 4.30. The van der Waals surface area contributed by atoms with E-state index in [1.807, 2.05) is 13.8 Å². The molecule has 0 spiro atoms. The van der Waals surface area contributed by atoms with Crippen LogP contribution >= 0.6 is 11.3 Å². The zero-order valence-electron chi connectivity index (χ0n) is 10.1. The van der Waals surface area contributed by atoms with Gasteiger partial charge in [-0.1, -0.05) is 5.10 Å². The van der Waals surface area contributed by atoms with E-state index in [1.54, 1.807) is 6.92 Å². The third-order valence-corrected chi connectivity index (χ3v) is 2.43. The van der Waals surface area contributed by atoms with Crippen LogP contribution in [0, 0.1) is 0 Å². The summed E-state index contributed by atoms with van der Waals surface area (Å²) >= 11 is 1.07. The van der Waals surface area contributed by atoms with Gasteiger partial charge in [-0.25, -0.2) is 4.79 Å². The largest absolute Gasteiger partial charge is 0.466 e. The summed E-state index contributed by atoms with van der Waals surface area (Å²) in [5.74, 6) is -0.474. The van der Waals surface area contributed by atoms with Crippen LogP contribution in [-0.2, 0) is 9.47 Å². The molecular weight excluding hydrogens is 244 g/mol. The number of hydrogen-bond donors (Lipinski definition) is 0. The fraction of sp³-hybridized carbons (Fsp3) is 0.700. The van der Waals surface area contributed by atoms with E-state index in [0.29, 0.717) is 25.0 Å². The lowest BCUT2D eigenvalue weighted by molar-refractivity contribution is 0.0524. The van der Waals surface area contributed by atoms with Crippen LogP contribution in [0.3, 0.4) is 0 Å². The minimum atomic E-state index is -0.474. The summed E-state index contributed by atoms with van der Waals surface area (Å²) in [6, 6.07) is 0. The van der Waals surface area contributed by atoms with Crippen molar-refractivity contribution in [1.29, 1.82) is 0 Å². The van der Waals surface area contributed by atoms with E-state index < -0.39 is 5.97 Å². The fourth-order valence-electron chi connectivity index (χ4n) is 0.956. The molecular formula is C10H16N2O4S. The highest BCUT2D eigenvalue weighted by atomic mass is 32.1. The Morgan fingerprint density at radius 1 is 1.35 bits per heavy atom. The van der Waals surface area contributed by atoms with Gasteiger partial charge in [0.15, 0.2) is 0 Å². The summed E-state index contributed by atoms with van der Waals surface area (Å²) < 4.78 is 15.4. The number of carbonyl (C=O) groups is 1. The Morgan fingerprint density at radius 2 is 2.12 bits per heavy atom. The normalized spacial score (nSPS) is 10.6. The number of rotatable bonds is 7. The van der Waals surface area contributed by atoms with Crippen LogP contribution in [0.2, 0.25) is 0 Å². The summed E-state index contributed by atoms with van der Waals surface area (Å²) in [6.07, 6.45) is 0.170. The predicted molar refractivity (Wildman–Crippen MR) is 62.4 cm³/mol. The molecule has 0 N–H and O–H groups in total. The molecule has 6 nitrogen and oxygen atoms in total. The molecule has 0 fully saturated rings. The highest BCUT2D eigenvalue weighted by Crippen LogP contribution is 2.18. The van der Waals surface area contributed by atoms with Crippen LogP contribution in [0.25, 0.3) is 0 Å². The zero-order valence-corrected chi connectivity index (χ0v) is 11.0. The van der Waals surface area contributed by atoms with Gasteiger partial charge < -0.3 is 14.2 Å². The Balaban J connectivity index is 2.33. The van der Waals surface area contributed by atoms with E-state index in [4.69, 9.17) is 14.2 Å². The first kappa shape index (κ1) is 13.9. The van der Waals surface area contributed by atoms with Crippen molar-refractivity contribution in [2.75, 3.05) is 19.8 Å². The summed E-state index contributed by atoms with van der Waals surface area (Å²) in [6.45, 7) is 6.81. The topological polar surface area (TPSA) is 70.5 Å². The number of ether oxygens (including phenoxy) is 3. The first-order chi connectivity index (χ1) is 8.13. The zero-order chi connectivity index (χ0) is 12.7. The van der Waals surface area contributed by atoms with Gasteiger partial charge in [0.1, 0.15) is 6.61 Å². The molecule has 0 saturated carbocycles. The van der Waals surface area contributed by atoms with Gasteiger partial charge >= 0.3 is 5.97 Å². The van der Waals surface area contributed by atoms with E-state index in [0.717, 1.165) is 11.3 Å². The summed E-state index contributed by atoms with van der Waals surface area (Å²) in [7, 11) is 0. The second-order valence-electron chi connectivity index (χ2n) is 3.36. The third-order valence-electron chi connectivity index (χ3n) is 1.62. The number of nitrogens with zero attached hydrogens (tertiary/aromatic N) is 2. The van der Waals surface area contributed by atoms with Crippen molar-refractivity contribution < 1.29 is 19.0 Å². The van der Waals surface area contributed by atoms with Gasteiger partial charge in [-0.05, 0) is 32.1 Å². The molecule has 0 radical (unpaired) electrons. The first-order valence-electron chi connectivity index (χ1n) is 5.38. The SMILES string of the molecule is CCOC(=O)c1nnc(OCCOC(C)C)s1. The minimum absolute atomic E-state index is 0.170. The smallest absolute Gasteiger partial charge is 0.369 e. The monoisotopic (exact) mass is 260 g/mol. The lowest BCUT2D eigenvalue weighted by atomic mass is 10.5. The Hall–Kier alpha value is -1.21. The maximum absolute atomic E-state index is 11.3. The van der Waals surface area contributed by atoms with Crippen LogP contribution in [0.4, 0.5) is 0 Å². The standard InChI is InChI=1S/C10H16N2O4S/c1-4-14-9(13)8-11-12-10(17-8)16-6-5-15-7(2)3/h7H,4-6H2,1-3H3. The van der Waals surface area contributed by atoms with Crippen LogP contribution in [0.1, 0.15) is 30.6 Å². The molecule has 1 aromatic heterocycles. The summed E-state index contributed by atoms with van der Waals surface area (Å²) in [4.78, 5) is 11.3. The molecule has 96 valence electrons. The average Bonchev–Trinajstić information content (AvgIpc) is 2.73. The highest BCUT2D eigenvalue weighted by molar-refractivity contribution is 7.14. The van der Waals surface area contributed by atoms with Gasteiger partial charge in [0.2, 0.25) is 5.01 Å². The van der Waals surface area contributed by atoms with Crippen molar-refractivity contribution >= 4 is 17.3 Å². The molecule has 1 rings (SSSR count). The van der Waals surface area contributed by atoms with E-state index >= 15 is 0 Å². The maximum atomic E-state index is 11.3. The minimum Gasteiger partial charge on any atom is -0.466 e. The third kappa shape index (κ3) is 5.10. The molecule has 0 amide bonds. The van der Waals surface area contributed by atoms with Crippen LogP contribution in [0.5, 0.6) is 5.19 Å². The van der Waals surface area contributed by atoms with Crippen molar-refractivity contribution in [3.63, 3.8) is 0 Å². The van der Waals surface area contributed by atoms with E-state index in [1.165, 1.54) is 0 Å². The number of carbonyl (C=O) groups excluding carboxylic acids is 1. The van der Waals surface area contributed by atoms with E-state index in [-0.39, 0.29) is 11.1 Å². The molecule has 0 bridgehead atoms. The molecule has 0 unspecified atom stereocenters. The van der Waals surface area contributed by atoms with Gasteiger partial charge in [0.05, 0.1) is 19.3 Å². The summed E-state index contributed by atoms with van der Waals surface area (Å²) in [5, 5.41) is 7.95. The van der Waals surface area contributed by atoms with Gasteiger partial charge in [0.25, 0.3) is 5.19 Å². The van der Waals surface area contributed by atoms with Gasteiger partial charge in [0, 0.05) is 0 Å². The number of hydrogen-bond acceptors (Lipinski definition) is 7. The van der Waals surface area contributed by atoms with E-state index in [9.17, 15) is 4.79 Å². The Kier molecular flexibility index (Phi) is 5.85. The van der Waals surface area contributed by atoms with Crippen molar-refractivity contribution in [3.8, 4) is 5.19 Å². The molecule has 17 heavy (non-hydrogen) atoms. The molecule has 0 saturated heterocycles. The number of esters is 1. The molecule has 1 aromatic rings. The van der Waals surface area contributed by atoms with Crippen molar-refractivity contribution in [2.45, 2.75) is 26.9 Å². The molecule has 0 aliphatic heterocycles. The molecule has 1 heterocycles. The van der Waals surface area contributed by atoms with Crippen molar-refractivity contribution in [1.82, 2.24) is 10.2 Å².